The number of ether oxygens (including phenoxy) is 1. The number of aromatic nitrogens is 1. The number of benzene rings is 3. The molecule has 0 aliphatic carbocycles. The van der Waals surface area contributed by atoms with E-state index in [1.807, 2.05) is 61.5 Å². The monoisotopic (exact) mass is 588 g/mol. The van der Waals surface area contributed by atoms with Crippen LogP contribution in [0.15, 0.2) is 76.0 Å². The quantitative estimate of drug-likeness (QED) is 0.223. The zero-order valence-electron chi connectivity index (χ0n) is 24.2. The average molecular weight is 589 g/mol. The molecule has 0 saturated carbocycles. The third-order valence-electron chi connectivity index (χ3n) is 7.73. The van der Waals surface area contributed by atoms with Gasteiger partial charge >= 0.3 is 5.97 Å². The Morgan fingerprint density at radius 2 is 1.76 bits per heavy atom. The van der Waals surface area contributed by atoms with Crippen molar-refractivity contribution in [2.24, 2.45) is 0 Å². The molecule has 1 aromatic heterocycles. The number of sulfonamides is 1. The highest BCUT2D eigenvalue weighted by molar-refractivity contribution is 7.89. The first-order valence-electron chi connectivity index (χ1n) is 14.2. The van der Waals surface area contributed by atoms with Gasteiger partial charge in [-0.3, -0.25) is 4.79 Å². The number of fused-ring (bicyclic) bond motifs is 1. The van der Waals surface area contributed by atoms with Crippen molar-refractivity contribution in [2.75, 3.05) is 13.2 Å². The Balaban J connectivity index is 1.35. The molecule has 2 heterocycles. The number of aliphatic carboxylic acids is 1. The van der Waals surface area contributed by atoms with E-state index < -0.39 is 16.0 Å². The second kappa shape index (κ2) is 12.5. The molecule has 0 unspecified atom stereocenters. The van der Waals surface area contributed by atoms with Crippen LogP contribution in [0.4, 0.5) is 0 Å². The number of carboxylic acids is 1. The fourth-order valence-corrected chi connectivity index (χ4v) is 6.70. The molecule has 1 aliphatic heterocycles. The van der Waals surface area contributed by atoms with Gasteiger partial charge in [0, 0.05) is 37.1 Å². The molecule has 4 aromatic rings. The van der Waals surface area contributed by atoms with Crippen LogP contribution in [0.3, 0.4) is 0 Å². The van der Waals surface area contributed by atoms with Gasteiger partial charge in [-0.2, -0.15) is 4.31 Å². The van der Waals surface area contributed by atoms with Gasteiger partial charge in [-0.15, -0.1) is 0 Å². The molecule has 3 aromatic carbocycles. The normalized spacial score (nSPS) is 13.7. The number of nitrogens with zero attached hydrogens (tertiary/aromatic N) is 2. The highest BCUT2D eigenvalue weighted by atomic mass is 32.2. The number of hydrogen-bond acceptors (Lipinski definition) is 6. The molecule has 5 rings (SSSR count). The lowest BCUT2D eigenvalue weighted by Gasteiger charge is -2.31. The highest BCUT2D eigenvalue weighted by Crippen LogP contribution is 2.34. The summed E-state index contributed by atoms with van der Waals surface area (Å²) in [4.78, 5) is 16.3. The summed E-state index contributed by atoms with van der Waals surface area (Å²) in [6.45, 7) is 6.86. The first kappa shape index (κ1) is 29.5. The zero-order valence-corrected chi connectivity index (χ0v) is 25.0. The summed E-state index contributed by atoms with van der Waals surface area (Å²) in [7, 11) is -3.73. The summed E-state index contributed by atoms with van der Waals surface area (Å²) < 4.78 is 40.8. The van der Waals surface area contributed by atoms with Gasteiger partial charge in [0.2, 0.25) is 15.9 Å². The van der Waals surface area contributed by atoms with Crippen LogP contribution in [0.1, 0.15) is 59.9 Å². The lowest BCUT2D eigenvalue weighted by molar-refractivity contribution is -0.136. The molecule has 42 heavy (non-hydrogen) atoms. The summed E-state index contributed by atoms with van der Waals surface area (Å²) in [5.41, 5.74) is 5.39. The van der Waals surface area contributed by atoms with Gasteiger partial charge in [0.05, 0.1) is 17.2 Å². The Morgan fingerprint density at radius 3 is 2.45 bits per heavy atom. The Morgan fingerprint density at radius 1 is 1.02 bits per heavy atom. The molecule has 220 valence electrons. The zero-order chi connectivity index (χ0) is 29.9. The van der Waals surface area contributed by atoms with E-state index in [-0.39, 0.29) is 17.9 Å². The standard InChI is InChI=1S/C33H36N2O6S/c1-22(2)24-9-13-27(14-10-24)42(38,39)35-19-17-28-29(21-35)25(12-16-32(36)37)11-15-31(28)40-20-18-30-23(3)41-33(34-30)26-7-5-4-6-8-26/h4-11,13-15,22H,12,16-21H2,1-3H3,(H,36,37). The fourth-order valence-electron chi connectivity index (χ4n) is 5.29. The Bertz CT molecular complexity index is 1660. The van der Waals surface area contributed by atoms with Crippen LogP contribution in [0.2, 0.25) is 0 Å². The van der Waals surface area contributed by atoms with Crippen molar-refractivity contribution in [3.05, 3.63) is 100 Å². The van der Waals surface area contributed by atoms with Gasteiger partial charge in [-0.05, 0) is 72.7 Å². The van der Waals surface area contributed by atoms with E-state index in [0.29, 0.717) is 50.0 Å². The molecule has 1 N–H and O–H groups in total. The third kappa shape index (κ3) is 6.42. The highest BCUT2D eigenvalue weighted by Gasteiger charge is 2.31. The van der Waals surface area contributed by atoms with Gasteiger partial charge in [0.1, 0.15) is 11.5 Å². The Labute approximate surface area is 247 Å². The van der Waals surface area contributed by atoms with Crippen LogP contribution in [-0.2, 0) is 40.6 Å². The lowest BCUT2D eigenvalue weighted by atomic mass is 9.92. The van der Waals surface area contributed by atoms with E-state index in [1.165, 1.54) is 4.31 Å². The van der Waals surface area contributed by atoms with Crippen molar-refractivity contribution in [2.45, 2.75) is 63.8 Å². The molecule has 0 bridgehead atoms. The predicted octanol–water partition coefficient (Wildman–Crippen LogP) is 6.16. The maximum Gasteiger partial charge on any atom is 0.303 e. The molecule has 0 amide bonds. The second-order valence-electron chi connectivity index (χ2n) is 10.9. The van der Waals surface area contributed by atoms with Gasteiger partial charge in [-0.1, -0.05) is 50.2 Å². The lowest BCUT2D eigenvalue weighted by Crippen LogP contribution is -2.36. The van der Waals surface area contributed by atoms with Crippen LogP contribution in [0, 0.1) is 6.92 Å². The molecule has 0 fully saturated rings. The minimum absolute atomic E-state index is 0.0365. The summed E-state index contributed by atoms with van der Waals surface area (Å²) in [5, 5.41) is 9.30. The van der Waals surface area contributed by atoms with Gasteiger partial charge < -0.3 is 14.3 Å². The van der Waals surface area contributed by atoms with Crippen molar-refractivity contribution < 1.29 is 27.5 Å². The Hall–Kier alpha value is -3.95. The summed E-state index contributed by atoms with van der Waals surface area (Å²) in [6.07, 6.45) is 1.29. The van der Waals surface area contributed by atoms with Crippen molar-refractivity contribution in [1.29, 1.82) is 0 Å². The van der Waals surface area contributed by atoms with Crippen LogP contribution >= 0.6 is 0 Å². The van der Waals surface area contributed by atoms with Crippen LogP contribution in [-0.4, -0.2) is 41.9 Å². The molecular weight excluding hydrogens is 552 g/mol. The SMILES string of the molecule is Cc1oc(-c2ccccc2)nc1CCOc1ccc(CCC(=O)O)c2c1CCN(S(=O)(=O)c1ccc(C(C)C)cc1)C2. The number of aryl methyl sites for hydroxylation is 2. The van der Waals surface area contributed by atoms with Crippen molar-refractivity contribution in [3.63, 3.8) is 0 Å². The van der Waals surface area contributed by atoms with E-state index >= 15 is 0 Å². The maximum atomic E-state index is 13.6. The number of hydrogen-bond donors (Lipinski definition) is 1. The smallest absolute Gasteiger partial charge is 0.303 e. The van der Waals surface area contributed by atoms with Crippen LogP contribution in [0.5, 0.6) is 5.75 Å². The maximum absolute atomic E-state index is 13.6. The minimum atomic E-state index is -3.73. The molecule has 0 spiro atoms. The molecule has 1 aliphatic rings. The van der Waals surface area contributed by atoms with Gasteiger partial charge in [0.25, 0.3) is 0 Å². The number of rotatable bonds is 11. The fraction of sp³-hybridized carbons (Fsp3) is 0.333. The van der Waals surface area contributed by atoms with Crippen molar-refractivity contribution >= 4 is 16.0 Å². The largest absolute Gasteiger partial charge is 0.493 e. The van der Waals surface area contributed by atoms with E-state index in [1.54, 1.807) is 12.1 Å². The average Bonchev–Trinajstić information content (AvgIpc) is 3.36. The van der Waals surface area contributed by atoms with E-state index in [9.17, 15) is 18.3 Å². The first-order valence-corrected chi connectivity index (χ1v) is 15.7. The van der Waals surface area contributed by atoms with Crippen molar-refractivity contribution in [1.82, 2.24) is 9.29 Å². The van der Waals surface area contributed by atoms with E-state index in [4.69, 9.17) is 9.15 Å². The van der Waals surface area contributed by atoms with Crippen LogP contribution < -0.4 is 4.74 Å². The second-order valence-corrected chi connectivity index (χ2v) is 12.8. The third-order valence-corrected chi connectivity index (χ3v) is 9.59. The first-order chi connectivity index (χ1) is 20.1. The number of carboxylic acid groups (broad SMARTS) is 1. The van der Waals surface area contributed by atoms with E-state index in [2.05, 4.69) is 18.8 Å². The van der Waals surface area contributed by atoms with E-state index in [0.717, 1.165) is 39.3 Å². The molecule has 9 heteroatoms. The Kier molecular flexibility index (Phi) is 8.80. The molecular formula is C33H36N2O6S. The molecule has 0 radical (unpaired) electrons. The summed E-state index contributed by atoms with van der Waals surface area (Å²) in [5.74, 6) is 1.41. The van der Waals surface area contributed by atoms with Crippen molar-refractivity contribution in [3.8, 4) is 17.2 Å². The minimum Gasteiger partial charge on any atom is -0.493 e. The molecule has 8 nitrogen and oxygen atoms in total. The topological polar surface area (TPSA) is 110 Å². The van der Waals surface area contributed by atoms with Crippen LogP contribution in [0.25, 0.3) is 11.5 Å². The summed E-state index contributed by atoms with van der Waals surface area (Å²) in [6, 6.07) is 20.5. The van der Waals surface area contributed by atoms with Gasteiger partial charge in [0.15, 0.2) is 0 Å². The predicted molar refractivity (Wildman–Crippen MR) is 160 cm³/mol. The summed E-state index contributed by atoms with van der Waals surface area (Å²) >= 11 is 0. The number of carbonyl (C=O) groups is 1. The molecule has 0 saturated heterocycles. The number of oxazole rings is 1. The van der Waals surface area contributed by atoms with Gasteiger partial charge in [-0.25, -0.2) is 13.4 Å². The molecule has 0 atom stereocenters.